The predicted octanol–water partition coefficient (Wildman–Crippen LogP) is 0.570. The predicted molar refractivity (Wildman–Crippen MR) is 153 cm³/mol. The number of hydrogen-bond donors (Lipinski definition) is 3. The van der Waals surface area contributed by atoms with Crippen molar-refractivity contribution in [2.24, 2.45) is 5.73 Å². The molecule has 1 fully saturated rings. The van der Waals surface area contributed by atoms with Crippen molar-refractivity contribution in [3.8, 4) is 5.82 Å². The average molecular weight is 556 g/mol. The lowest BCUT2D eigenvalue weighted by Gasteiger charge is -2.35. The maximum absolute atomic E-state index is 13.5. The molecule has 3 heterocycles. The molecule has 5 rings (SSSR count). The van der Waals surface area contributed by atoms with Crippen molar-refractivity contribution < 1.29 is 19.8 Å². The van der Waals surface area contributed by atoms with E-state index < -0.39 is 29.0 Å². The van der Waals surface area contributed by atoms with Crippen LogP contribution < -0.4 is 15.7 Å². The number of pyridine rings is 1. The van der Waals surface area contributed by atoms with Gasteiger partial charge < -0.3 is 20.9 Å². The number of aliphatic hydroxyl groups excluding tert-OH is 1. The Balaban J connectivity index is 1.29. The summed E-state index contributed by atoms with van der Waals surface area (Å²) in [6, 6.07) is 22.8. The van der Waals surface area contributed by atoms with E-state index in [1.54, 1.807) is 42.6 Å². The molecule has 0 saturated carbocycles. The summed E-state index contributed by atoms with van der Waals surface area (Å²) in [5, 5.41) is 27.6. The second-order valence-electron chi connectivity index (χ2n) is 10.1. The molecule has 41 heavy (non-hydrogen) atoms. The highest BCUT2D eigenvalue weighted by atomic mass is 16.5. The van der Waals surface area contributed by atoms with Gasteiger partial charge in [0.2, 0.25) is 0 Å². The standard InChI is InChI=1S/C30H33N7O4/c31-28(39)27(38)26(20-22-8-3-1-4-9-22)37(41)30(40)25-12-7-14-32-29(25)36-15-13-23(33-36)21-34-16-18-35(19-17-34)24-10-5-2-6-11-24/h1-15,26-27,37-38H,16-21H2,(H2,31,39). The van der Waals surface area contributed by atoms with Crippen molar-refractivity contribution in [3.05, 3.63) is 113 Å². The Morgan fingerprint density at radius 2 is 1.63 bits per heavy atom. The van der Waals surface area contributed by atoms with Crippen LogP contribution in [0.2, 0.25) is 0 Å². The molecule has 4 N–H and O–H groups in total. The lowest BCUT2D eigenvalue weighted by Crippen LogP contribution is -3.16. The number of piperazine rings is 1. The van der Waals surface area contributed by atoms with Crippen LogP contribution in [0.25, 0.3) is 5.82 Å². The number of rotatable bonds is 10. The highest BCUT2D eigenvalue weighted by molar-refractivity contribution is 5.91. The number of aromatic nitrogens is 3. The van der Waals surface area contributed by atoms with Gasteiger partial charge in [0.1, 0.15) is 11.6 Å². The summed E-state index contributed by atoms with van der Waals surface area (Å²) in [7, 11) is 0. The van der Waals surface area contributed by atoms with E-state index >= 15 is 0 Å². The van der Waals surface area contributed by atoms with Gasteiger partial charge in [-0.2, -0.15) is 5.10 Å². The number of para-hydroxylation sites is 1. The van der Waals surface area contributed by atoms with Crippen LogP contribution in [-0.2, 0) is 17.8 Å². The molecule has 2 amide bonds. The molecule has 0 spiro atoms. The summed E-state index contributed by atoms with van der Waals surface area (Å²) in [4.78, 5) is 34.3. The number of hydrogen-bond acceptors (Lipinski definition) is 8. The highest BCUT2D eigenvalue weighted by Crippen LogP contribution is 2.17. The van der Waals surface area contributed by atoms with E-state index in [1.807, 2.05) is 24.3 Å². The number of benzene rings is 2. The Morgan fingerprint density at radius 3 is 2.32 bits per heavy atom. The molecule has 0 aliphatic carbocycles. The van der Waals surface area contributed by atoms with Crippen molar-refractivity contribution in [1.29, 1.82) is 0 Å². The van der Waals surface area contributed by atoms with Gasteiger partial charge in [-0.1, -0.05) is 48.5 Å². The van der Waals surface area contributed by atoms with Gasteiger partial charge >= 0.3 is 5.91 Å². The van der Waals surface area contributed by atoms with E-state index in [9.17, 15) is 19.9 Å². The third-order valence-electron chi connectivity index (χ3n) is 7.30. The first-order chi connectivity index (χ1) is 19.9. The Bertz CT molecular complexity index is 1460. The normalized spacial score (nSPS) is 16.2. The van der Waals surface area contributed by atoms with Crippen LogP contribution in [0.15, 0.2) is 91.3 Å². The number of carbonyl (C=O) groups is 2. The van der Waals surface area contributed by atoms with Gasteiger partial charge in [0.05, 0.1) is 5.69 Å². The quantitative estimate of drug-likeness (QED) is 0.241. The number of quaternary nitrogens is 1. The van der Waals surface area contributed by atoms with Gasteiger partial charge in [-0.3, -0.25) is 14.8 Å². The molecule has 0 radical (unpaired) electrons. The lowest BCUT2D eigenvalue weighted by atomic mass is 10.00. The number of anilines is 1. The third kappa shape index (κ3) is 6.67. The molecule has 2 aromatic heterocycles. The number of nitrogens with two attached hydrogens (primary N) is 1. The van der Waals surface area contributed by atoms with Crippen LogP contribution >= 0.6 is 0 Å². The minimum atomic E-state index is -1.81. The first kappa shape index (κ1) is 28.1. The number of aliphatic hydroxyl groups is 1. The van der Waals surface area contributed by atoms with Crippen LogP contribution in [0.5, 0.6) is 0 Å². The molecule has 3 atom stereocenters. The largest absolute Gasteiger partial charge is 0.626 e. The fraction of sp³-hybridized carbons (Fsp3) is 0.267. The van der Waals surface area contributed by atoms with Crippen molar-refractivity contribution >= 4 is 17.5 Å². The van der Waals surface area contributed by atoms with Crippen LogP contribution in [0.1, 0.15) is 21.6 Å². The summed E-state index contributed by atoms with van der Waals surface area (Å²) in [6.07, 6.45) is 1.39. The summed E-state index contributed by atoms with van der Waals surface area (Å²) < 4.78 is 1.48. The fourth-order valence-corrected chi connectivity index (χ4v) is 5.07. The molecule has 1 saturated heterocycles. The minimum Gasteiger partial charge on any atom is -0.626 e. The molecule has 3 unspecified atom stereocenters. The van der Waals surface area contributed by atoms with E-state index in [4.69, 9.17) is 5.73 Å². The third-order valence-corrected chi connectivity index (χ3v) is 7.30. The Kier molecular flexibility index (Phi) is 8.80. The zero-order chi connectivity index (χ0) is 28.8. The van der Waals surface area contributed by atoms with Gasteiger partial charge in [0.15, 0.2) is 11.9 Å². The molecular formula is C30H33N7O4. The smallest absolute Gasteiger partial charge is 0.348 e. The topological polar surface area (TPSA) is 145 Å². The SMILES string of the molecule is NC(=O)C(O)C(Cc1ccccc1)[NH+]([O-])C(=O)c1cccnc1-n1ccc(CN2CCN(c3ccccc3)CC2)n1. The Labute approximate surface area is 238 Å². The fourth-order valence-electron chi connectivity index (χ4n) is 5.07. The summed E-state index contributed by atoms with van der Waals surface area (Å²) in [5.74, 6) is -1.75. The van der Waals surface area contributed by atoms with Crippen LogP contribution in [-0.4, -0.2) is 74.9 Å². The molecule has 11 heteroatoms. The van der Waals surface area contributed by atoms with E-state index in [0.29, 0.717) is 12.1 Å². The maximum atomic E-state index is 13.5. The van der Waals surface area contributed by atoms with E-state index in [2.05, 4.69) is 32.0 Å². The first-order valence-electron chi connectivity index (χ1n) is 13.5. The van der Waals surface area contributed by atoms with Crippen LogP contribution in [0, 0.1) is 5.21 Å². The zero-order valence-corrected chi connectivity index (χ0v) is 22.5. The van der Waals surface area contributed by atoms with Gasteiger partial charge in [-0.05, 0) is 35.9 Å². The van der Waals surface area contributed by atoms with Crippen molar-refractivity contribution in [1.82, 2.24) is 19.7 Å². The number of amides is 2. The number of carbonyl (C=O) groups excluding carboxylic acids is 2. The number of nitrogens with one attached hydrogen (secondary N) is 1. The van der Waals surface area contributed by atoms with Gasteiger partial charge in [0.25, 0.3) is 5.91 Å². The summed E-state index contributed by atoms with van der Waals surface area (Å²) >= 11 is 0. The van der Waals surface area contributed by atoms with Gasteiger partial charge in [-0.25, -0.2) is 14.5 Å². The van der Waals surface area contributed by atoms with Gasteiger partial charge in [0, 0.05) is 57.2 Å². The van der Waals surface area contributed by atoms with E-state index in [-0.39, 0.29) is 17.8 Å². The van der Waals surface area contributed by atoms with E-state index in [0.717, 1.165) is 31.9 Å². The summed E-state index contributed by atoms with van der Waals surface area (Å²) in [5.41, 5.74) is 8.05. The van der Waals surface area contributed by atoms with Gasteiger partial charge in [-0.15, -0.1) is 0 Å². The first-order valence-corrected chi connectivity index (χ1v) is 13.5. The molecule has 212 valence electrons. The molecule has 2 aromatic carbocycles. The Hall–Kier alpha value is -4.42. The molecule has 4 aromatic rings. The second-order valence-corrected chi connectivity index (χ2v) is 10.1. The molecule has 1 aliphatic rings. The monoisotopic (exact) mass is 555 g/mol. The Morgan fingerprint density at radius 1 is 0.951 bits per heavy atom. The minimum absolute atomic E-state index is 0.0193. The van der Waals surface area contributed by atoms with Crippen molar-refractivity contribution in [2.75, 3.05) is 31.1 Å². The molecular weight excluding hydrogens is 522 g/mol. The second kappa shape index (κ2) is 12.8. The number of nitrogens with zero attached hydrogens (tertiary/aromatic N) is 5. The maximum Gasteiger partial charge on any atom is 0.348 e. The van der Waals surface area contributed by atoms with Crippen molar-refractivity contribution in [3.63, 3.8) is 0 Å². The molecule has 11 nitrogen and oxygen atoms in total. The van der Waals surface area contributed by atoms with Crippen molar-refractivity contribution in [2.45, 2.75) is 25.1 Å². The lowest BCUT2D eigenvalue weighted by molar-refractivity contribution is -0.792. The number of hydroxylamine groups is 2. The van der Waals surface area contributed by atoms with Crippen LogP contribution in [0.3, 0.4) is 0 Å². The molecule has 0 bridgehead atoms. The van der Waals surface area contributed by atoms with E-state index in [1.165, 1.54) is 22.6 Å². The zero-order valence-electron chi connectivity index (χ0n) is 22.5. The average Bonchev–Trinajstić information content (AvgIpc) is 3.48. The number of primary amides is 1. The molecule has 1 aliphatic heterocycles. The van der Waals surface area contributed by atoms with Crippen LogP contribution in [0.4, 0.5) is 5.69 Å². The highest BCUT2D eigenvalue weighted by Gasteiger charge is 2.35. The summed E-state index contributed by atoms with van der Waals surface area (Å²) in [6.45, 7) is 4.22.